The number of aromatic nitrogens is 1. The summed E-state index contributed by atoms with van der Waals surface area (Å²) in [6.07, 6.45) is 2.50. The molecule has 1 saturated heterocycles. The fourth-order valence-corrected chi connectivity index (χ4v) is 3.78. The molecule has 0 bridgehead atoms. The number of aryl methyl sites for hydroxylation is 1. The molecule has 1 fully saturated rings. The van der Waals surface area contributed by atoms with Crippen LogP contribution in [0, 0.1) is 19.8 Å². The first kappa shape index (κ1) is 19.9. The van der Waals surface area contributed by atoms with Gasteiger partial charge in [0.1, 0.15) is 0 Å². The van der Waals surface area contributed by atoms with Gasteiger partial charge in [0.25, 0.3) is 5.91 Å². The third-order valence-electron chi connectivity index (χ3n) is 5.38. The van der Waals surface area contributed by atoms with Crippen molar-refractivity contribution >= 4 is 17.7 Å². The zero-order valence-electron chi connectivity index (χ0n) is 16.6. The summed E-state index contributed by atoms with van der Waals surface area (Å²) in [7, 11) is 0. The lowest BCUT2D eigenvalue weighted by atomic mass is 9.97. The molecule has 2 aromatic rings. The maximum absolute atomic E-state index is 12.5. The van der Waals surface area contributed by atoms with Crippen molar-refractivity contribution in [2.75, 3.05) is 19.7 Å². The Morgan fingerprint density at radius 3 is 2.50 bits per heavy atom. The topological polar surface area (TPSA) is 81.8 Å². The predicted molar refractivity (Wildman–Crippen MR) is 102 cm³/mol. The van der Waals surface area contributed by atoms with E-state index in [1.807, 2.05) is 26.8 Å². The van der Waals surface area contributed by atoms with Crippen LogP contribution in [0.2, 0.25) is 0 Å². The summed E-state index contributed by atoms with van der Waals surface area (Å²) < 4.78 is 12.5. The van der Waals surface area contributed by atoms with Gasteiger partial charge in [-0.15, -0.1) is 0 Å². The first-order valence-electron chi connectivity index (χ1n) is 9.61. The Morgan fingerprint density at radius 2 is 1.93 bits per heavy atom. The minimum atomic E-state index is -0.372. The summed E-state index contributed by atoms with van der Waals surface area (Å²) in [6, 6.07) is 5.14. The highest BCUT2D eigenvalue weighted by molar-refractivity contribution is 5.99. The number of ketones is 1. The van der Waals surface area contributed by atoms with Gasteiger partial charge in [-0.2, -0.15) is 0 Å². The van der Waals surface area contributed by atoms with Crippen molar-refractivity contribution < 1.29 is 23.5 Å². The Balaban J connectivity index is 1.50. The molecule has 0 saturated carbocycles. The average Bonchev–Trinajstić information content (AvgIpc) is 3.33. The van der Waals surface area contributed by atoms with Crippen molar-refractivity contribution in [3.8, 4) is 0 Å². The number of hydrogen-bond acceptors (Lipinski definition) is 5. The SMILES string of the molecule is CCn1c(C)cc(C(=O)COC(=O)C2CCN(C(=O)c3ccco3)CC2)c1C. The third-order valence-corrected chi connectivity index (χ3v) is 5.38. The lowest BCUT2D eigenvalue weighted by molar-refractivity contribution is -0.148. The molecule has 7 heteroatoms. The number of esters is 1. The van der Waals surface area contributed by atoms with Crippen LogP contribution in [0.3, 0.4) is 0 Å². The largest absolute Gasteiger partial charge is 0.459 e. The maximum atomic E-state index is 12.5. The van der Waals surface area contributed by atoms with Gasteiger partial charge in [0.05, 0.1) is 12.2 Å². The Labute approximate surface area is 164 Å². The van der Waals surface area contributed by atoms with E-state index in [1.54, 1.807) is 17.0 Å². The van der Waals surface area contributed by atoms with Gasteiger partial charge in [0, 0.05) is 36.6 Å². The van der Waals surface area contributed by atoms with Gasteiger partial charge in [-0.3, -0.25) is 14.4 Å². The molecule has 0 spiro atoms. The van der Waals surface area contributed by atoms with Crippen molar-refractivity contribution in [3.63, 3.8) is 0 Å². The van der Waals surface area contributed by atoms with Gasteiger partial charge in [-0.1, -0.05) is 0 Å². The fraction of sp³-hybridized carbons (Fsp3) is 0.476. The minimum absolute atomic E-state index is 0.168. The molecule has 0 aliphatic carbocycles. The number of likely N-dealkylation sites (tertiary alicyclic amines) is 1. The standard InChI is InChI=1S/C21H26N2O5/c1-4-23-14(2)12-17(15(23)3)18(24)13-28-21(26)16-7-9-22(10-8-16)20(25)19-6-5-11-27-19/h5-6,11-12,16H,4,7-10,13H2,1-3H3. The van der Waals surface area contributed by atoms with Gasteiger partial charge >= 0.3 is 5.97 Å². The molecule has 0 aromatic carbocycles. The maximum Gasteiger partial charge on any atom is 0.309 e. The molecule has 3 heterocycles. The Hall–Kier alpha value is -2.83. The van der Waals surface area contributed by atoms with Crippen LogP contribution in [-0.4, -0.2) is 46.8 Å². The van der Waals surface area contributed by atoms with Crippen LogP contribution >= 0.6 is 0 Å². The van der Waals surface area contributed by atoms with E-state index in [0.29, 0.717) is 37.3 Å². The van der Waals surface area contributed by atoms with E-state index in [2.05, 4.69) is 4.57 Å². The van der Waals surface area contributed by atoms with E-state index < -0.39 is 0 Å². The van der Waals surface area contributed by atoms with E-state index in [-0.39, 0.29) is 30.2 Å². The van der Waals surface area contributed by atoms with Crippen LogP contribution in [0.1, 0.15) is 52.1 Å². The predicted octanol–water partition coefficient (Wildman–Crippen LogP) is 3.00. The molecule has 0 atom stereocenters. The second kappa shape index (κ2) is 8.46. The first-order chi connectivity index (χ1) is 13.4. The summed E-state index contributed by atoms with van der Waals surface area (Å²) in [5, 5.41) is 0. The molecule has 3 rings (SSSR count). The molecule has 7 nitrogen and oxygen atoms in total. The number of carbonyl (C=O) groups is 3. The van der Waals surface area contributed by atoms with E-state index in [4.69, 9.17) is 9.15 Å². The molecule has 0 N–H and O–H groups in total. The summed E-state index contributed by atoms with van der Waals surface area (Å²) in [6.45, 7) is 7.35. The Kier molecular flexibility index (Phi) is 6.02. The van der Waals surface area contributed by atoms with Crippen LogP contribution in [0.5, 0.6) is 0 Å². The van der Waals surface area contributed by atoms with E-state index in [9.17, 15) is 14.4 Å². The lowest BCUT2D eigenvalue weighted by Crippen LogP contribution is -2.40. The lowest BCUT2D eigenvalue weighted by Gasteiger charge is -2.30. The number of rotatable bonds is 6. The summed E-state index contributed by atoms with van der Waals surface area (Å²) in [5.74, 6) is -0.722. The molecular weight excluding hydrogens is 360 g/mol. The quantitative estimate of drug-likeness (QED) is 0.563. The van der Waals surface area contributed by atoms with E-state index >= 15 is 0 Å². The third kappa shape index (κ3) is 4.03. The number of Topliss-reactive ketones (excluding diaryl/α,β-unsaturated/α-hetero) is 1. The average molecular weight is 386 g/mol. The number of piperidine rings is 1. The van der Waals surface area contributed by atoms with Gasteiger partial charge in [0.15, 0.2) is 12.4 Å². The number of amides is 1. The number of ether oxygens (including phenoxy) is 1. The highest BCUT2D eigenvalue weighted by Crippen LogP contribution is 2.21. The highest BCUT2D eigenvalue weighted by atomic mass is 16.5. The normalized spacial score (nSPS) is 14.9. The van der Waals surface area contributed by atoms with Gasteiger partial charge in [-0.25, -0.2) is 0 Å². The van der Waals surface area contributed by atoms with Gasteiger partial charge < -0.3 is 18.6 Å². The number of carbonyl (C=O) groups excluding carboxylic acids is 3. The van der Waals surface area contributed by atoms with E-state index in [1.165, 1.54) is 6.26 Å². The van der Waals surface area contributed by atoms with Crippen LogP contribution in [0.4, 0.5) is 0 Å². The van der Waals surface area contributed by atoms with Crippen molar-refractivity contribution in [1.29, 1.82) is 0 Å². The van der Waals surface area contributed by atoms with Crippen molar-refractivity contribution in [2.45, 2.75) is 40.2 Å². The van der Waals surface area contributed by atoms with Crippen LogP contribution < -0.4 is 0 Å². The molecule has 0 radical (unpaired) electrons. The first-order valence-corrected chi connectivity index (χ1v) is 9.61. The van der Waals surface area contributed by atoms with Gasteiger partial charge in [0.2, 0.25) is 5.78 Å². The number of furan rings is 1. The Morgan fingerprint density at radius 1 is 1.21 bits per heavy atom. The van der Waals surface area contributed by atoms with Crippen LogP contribution in [0.25, 0.3) is 0 Å². The zero-order valence-corrected chi connectivity index (χ0v) is 16.6. The van der Waals surface area contributed by atoms with Crippen molar-refractivity contribution in [2.24, 2.45) is 5.92 Å². The molecule has 1 aliphatic rings. The molecule has 2 aromatic heterocycles. The van der Waals surface area contributed by atoms with Crippen molar-refractivity contribution in [3.05, 3.63) is 47.2 Å². The molecule has 1 aliphatic heterocycles. The highest BCUT2D eigenvalue weighted by Gasteiger charge is 2.30. The summed E-state index contributed by atoms with van der Waals surface area (Å²) >= 11 is 0. The Bertz CT molecular complexity index is 858. The number of nitrogens with zero attached hydrogens (tertiary/aromatic N) is 2. The molecule has 0 unspecified atom stereocenters. The number of hydrogen-bond donors (Lipinski definition) is 0. The zero-order chi connectivity index (χ0) is 20.3. The summed E-state index contributed by atoms with van der Waals surface area (Å²) in [5.41, 5.74) is 2.51. The van der Waals surface area contributed by atoms with Crippen LogP contribution in [0.15, 0.2) is 28.9 Å². The smallest absolute Gasteiger partial charge is 0.309 e. The van der Waals surface area contributed by atoms with Crippen molar-refractivity contribution in [1.82, 2.24) is 9.47 Å². The second-order valence-electron chi connectivity index (χ2n) is 7.10. The summed E-state index contributed by atoms with van der Waals surface area (Å²) in [4.78, 5) is 38.7. The molecule has 28 heavy (non-hydrogen) atoms. The molecular formula is C21H26N2O5. The molecule has 150 valence electrons. The fourth-order valence-electron chi connectivity index (χ4n) is 3.78. The van der Waals surface area contributed by atoms with Crippen LogP contribution in [-0.2, 0) is 16.1 Å². The minimum Gasteiger partial charge on any atom is -0.459 e. The van der Waals surface area contributed by atoms with E-state index in [0.717, 1.165) is 17.9 Å². The molecule has 1 amide bonds. The monoisotopic (exact) mass is 386 g/mol. The second-order valence-corrected chi connectivity index (χ2v) is 7.10. The van der Waals surface area contributed by atoms with Gasteiger partial charge in [-0.05, 0) is 51.8 Å².